The molecule has 1 N–H and O–H groups in total. The molecule has 0 fully saturated rings. The molecule has 28 heavy (non-hydrogen) atoms. The van der Waals surface area contributed by atoms with Gasteiger partial charge >= 0.3 is 0 Å². The van der Waals surface area contributed by atoms with Crippen LogP contribution in [0, 0.1) is 11.6 Å². The van der Waals surface area contributed by atoms with Crippen molar-refractivity contribution in [3.8, 4) is 11.4 Å². The molecule has 0 saturated heterocycles. The van der Waals surface area contributed by atoms with Crippen molar-refractivity contribution in [1.29, 1.82) is 0 Å². The third-order valence-electron chi connectivity index (χ3n) is 3.72. The third-order valence-corrected chi connectivity index (χ3v) is 5.79. The van der Waals surface area contributed by atoms with Crippen LogP contribution in [0.3, 0.4) is 0 Å². The van der Waals surface area contributed by atoms with Crippen LogP contribution in [0.15, 0.2) is 47.5 Å². The maximum atomic E-state index is 14.0. The molecule has 1 heterocycles. The molecule has 0 unspecified atom stereocenters. The van der Waals surface area contributed by atoms with Crippen LogP contribution in [0.2, 0.25) is 10.0 Å². The van der Waals surface area contributed by atoms with E-state index in [-0.39, 0.29) is 26.5 Å². The van der Waals surface area contributed by atoms with Gasteiger partial charge < -0.3 is 4.57 Å². The van der Waals surface area contributed by atoms with E-state index in [1.54, 1.807) is 0 Å². The largest absolute Gasteiger partial charge is 0.333 e. The third kappa shape index (κ3) is 3.87. The maximum Gasteiger partial charge on any atom is 0.285 e. The highest BCUT2D eigenvalue weighted by Gasteiger charge is 2.24. The number of halogens is 4. The number of rotatable bonds is 4. The molecular formula is C17H11Cl2F2N3O3S. The smallest absolute Gasteiger partial charge is 0.285 e. The number of aryl methyl sites for hydroxylation is 1. The van der Waals surface area contributed by atoms with Crippen molar-refractivity contribution in [1.82, 2.24) is 14.3 Å². The van der Waals surface area contributed by atoms with Crippen LogP contribution in [-0.2, 0) is 17.1 Å². The Morgan fingerprint density at radius 3 is 2.36 bits per heavy atom. The number of carbonyl (C=O) groups is 1. The second-order valence-electron chi connectivity index (χ2n) is 5.67. The van der Waals surface area contributed by atoms with Crippen LogP contribution < -0.4 is 4.72 Å². The fraction of sp³-hybridized carbons (Fsp3) is 0.0588. The van der Waals surface area contributed by atoms with Gasteiger partial charge in [0.15, 0.2) is 0 Å². The first-order valence-corrected chi connectivity index (χ1v) is 9.84. The van der Waals surface area contributed by atoms with Crippen LogP contribution in [0.1, 0.15) is 10.5 Å². The van der Waals surface area contributed by atoms with Gasteiger partial charge in [0.2, 0.25) is 0 Å². The van der Waals surface area contributed by atoms with E-state index in [1.807, 2.05) is 4.72 Å². The monoisotopic (exact) mass is 445 g/mol. The lowest BCUT2D eigenvalue weighted by molar-refractivity contribution is 0.0977. The number of carbonyl (C=O) groups excluding carboxylic acids is 1. The lowest BCUT2D eigenvalue weighted by atomic mass is 10.2. The molecule has 0 saturated carbocycles. The number of aromatic nitrogens is 2. The van der Waals surface area contributed by atoms with E-state index in [1.165, 1.54) is 29.8 Å². The number of sulfonamides is 1. The minimum absolute atomic E-state index is 0.00728. The zero-order chi connectivity index (χ0) is 20.6. The fourth-order valence-corrected chi connectivity index (χ4v) is 3.75. The minimum atomic E-state index is -4.27. The first-order chi connectivity index (χ1) is 13.1. The van der Waals surface area contributed by atoms with Gasteiger partial charge in [-0.15, -0.1) is 0 Å². The van der Waals surface area contributed by atoms with Gasteiger partial charge in [0, 0.05) is 13.2 Å². The first kappa shape index (κ1) is 20.2. The van der Waals surface area contributed by atoms with E-state index in [0.717, 1.165) is 24.4 Å². The number of amides is 1. The lowest BCUT2D eigenvalue weighted by Crippen LogP contribution is -2.30. The Balaban J connectivity index is 1.93. The highest BCUT2D eigenvalue weighted by atomic mass is 35.5. The van der Waals surface area contributed by atoms with E-state index >= 15 is 0 Å². The SMILES string of the molecule is Cn1cc(C(=O)NS(=O)(=O)c2ccc(Cl)c(Cl)c2)nc1-c1c(F)cccc1F. The number of benzene rings is 2. The summed E-state index contributed by atoms with van der Waals surface area (Å²) >= 11 is 11.5. The molecule has 3 aromatic rings. The Kier molecular flexibility index (Phi) is 5.42. The quantitative estimate of drug-likeness (QED) is 0.662. The Hall–Kier alpha value is -2.49. The van der Waals surface area contributed by atoms with Crippen LogP contribution >= 0.6 is 23.2 Å². The number of hydrogen-bond donors (Lipinski definition) is 1. The molecule has 0 aliphatic rings. The number of nitrogens with zero attached hydrogens (tertiary/aromatic N) is 2. The summed E-state index contributed by atoms with van der Waals surface area (Å²) in [5, 5.41) is 0.139. The van der Waals surface area contributed by atoms with E-state index in [9.17, 15) is 22.0 Å². The van der Waals surface area contributed by atoms with E-state index in [4.69, 9.17) is 23.2 Å². The molecule has 0 spiro atoms. The van der Waals surface area contributed by atoms with Gasteiger partial charge in [-0.3, -0.25) is 4.79 Å². The molecule has 0 aliphatic heterocycles. The Morgan fingerprint density at radius 2 is 1.75 bits per heavy atom. The van der Waals surface area contributed by atoms with Crippen LogP contribution in [0.4, 0.5) is 8.78 Å². The van der Waals surface area contributed by atoms with Crippen molar-refractivity contribution in [3.05, 3.63) is 70.0 Å². The standard InChI is InChI=1S/C17H11Cl2F2N3O3S/c1-24-8-14(22-16(24)15-12(20)3-2-4-13(15)21)17(25)23-28(26,27)9-5-6-10(18)11(19)7-9/h2-8H,1H3,(H,23,25). The zero-order valence-electron chi connectivity index (χ0n) is 14.1. The Bertz CT molecular complexity index is 1180. The molecule has 2 aromatic carbocycles. The summed E-state index contributed by atoms with van der Waals surface area (Å²) in [4.78, 5) is 15.9. The van der Waals surface area contributed by atoms with Gasteiger partial charge in [-0.25, -0.2) is 26.9 Å². The predicted octanol–water partition coefficient (Wildman–Crippen LogP) is 3.79. The average Bonchev–Trinajstić information content (AvgIpc) is 2.98. The fourth-order valence-electron chi connectivity index (χ4n) is 2.40. The highest BCUT2D eigenvalue weighted by molar-refractivity contribution is 7.90. The van der Waals surface area contributed by atoms with Gasteiger partial charge in [0.1, 0.15) is 23.2 Å². The molecule has 0 atom stereocenters. The summed E-state index contributed by atoms with van der Waals surface area (Å²) in [6, 6.07) is 6.79. The second-order valence-corrected chi connectivity index (χ2v) is 8.16. The van der Waals surface area contributed by atoms with Crippen LogP contribution in [0.5, 0.6) is 0 Å². The molecule has 0 bridgehead atoms. The summed E-state index contributed by atoms with van der Waals surface area (Å²) in [6.45, 7) is 0. The van der Waals surface area contributed by atoms with Crippen molar-refractivity contribution in [2.75, 3.05) is 0 Å². The lowest BCUT2D eigenvalue weighted by Gasteiger charge is -2.06. The Labute approximate surface area is 168 Å². The van der Waals surface area contributed by atoms with E-state index in [2.05, 4.69) is 4.98 Å². The topological polar surface area (TPSA) is 81.1 Å². The average molecular weight is 446 g/mol. The van der Waals surface area contributed by atoms with Crippen molar-refractivity contribution in [2.24, 2.45) is 7.05 Å². The highest BCUT2D eigenvalue weighted by Crippen LogP contribution is 2.26. The first-order valence-electron chi connectivity index (χ1n) is 7.60. The molecule has 6 nitrogen and oxygen atoms in total. The summed E-state index contributed by atoms with van der Waals surface area (Å²) in [5.74, 6) is -2.99. The van der Waals surface area contributed by atoms with Gasteiger partial charge in [-0.2, -0.15) is 0 Å². The number of nitrogens with one attached hydrogen (secondary N) is 1. The van der Waals surface area contributed by atoms with Crippen molar-refractivity contribution in [2.45, 2.75) is 4.90 Å². The molecule has 11 heteroatoms. The van der Waals surface area contributed by atoms with Crippen molar-refractivity contribution >= 4 is 39.1 Å². The number of imidazole rings is 1. The van der Waals surface area contributed by atoms with Gasteiger partial charge in [0.05, 0.1) is 20.5 Å². The second kappa shape index (κ2) is 7.50. The van der Waals surface area contributed by atoms with Gasteiger partial charge in [0.25, 0.3) is 15.9 Å². The molecule has 0 aliphatic carbocycles. The van der Waals surface area contributed by atoms with E-state index in [0.29, 0.717) is 0 Å². The molecule has 3 rings (SSSR count). The summed E-state index contributed by atoms with van der Waals surface area (Å²) in [7, 11) is -2.86. The minimum Gasteiger partial charge on any atom is -0.333 e. The molecular weight excluding hydrogens is 435 g/mol. The molecule has 0 radical (unpaired) electrons. The normalized spacial score (nSPS) is 11.5. The molecule has 1 amide bonds. The number of hydrogen-bond acceptors (Lipinski definition) is 4. The summed E-state index contributed by atoms with van der Waals surface area (Å²) < 4.78 is 55.7. The Morgan fingerprint density at radius 1 is 1.11 bits per heavy atom. The van der Waals surface area contributed by atoms with E-state index < -0.39 is 33.1 Å². The summed E-state index contributed by atoms with van der Waals surface area (Å²) in [5.41, 5.74) is -0.778. The van der Waals surface area contributed by atoms with Crippen molar-refractivity contribution in [3.63, 3.8) is 0 Å². The predicted molar refractivity (Wildman–Crippen MR) is 99.7 cm³/mol. The van der Waals surface area contributed by atoms with Crippen molar-refractivity contribution < 1.29 is 22.0 Å². The molecule has 1 aromatic heterocycles. The van der Waals surface area contributed by atoms with Gasteiger partial charge in [-0.05, 0) is 30.3 Å². The van der Waals surface area contributed by atoms with Crippen LogP contribution in [-0.4, -0.2) is 23.9 Å². The summed E-state index contributed by atoms with van der Waals surface area (Å²) in [6.07, 6.45) is 1.15. The zero-order valence-corrected chi connectivity index (χ0v) is 16.4. The maximum absolute atomic E-state index is 14.0. The van der Waals surface area contributed by atoms with Gasteiger partial charge in [-0.1, -0.05) is 29.3 Å². The molecule has 146 valence electrons. The van der Waals surface area contributed by atoms with Crippen LogP contribution in [0.25, 0.3) is 11.4 Å².